The highest BCUT2D eigenvalue weighted by Crippen LogP contribution is 2.36. The summed E-state index contributed by atoms with van der Waals surface area (Å²) in [6, 6.07) is 0. The summed E-state index contributed by atoms with van der Waals surface area (Å²) >= 11 is 0. The smallest absolute Gasteiger partial charge is 0.399 e. The highest BCUT2D eigenvalue weighted by Gasteiger charge is 2.52. The number of nitrogens with zero attached hydrogens (tertiary/aromatic N) is 3. The second kappa shape index (κ2) is 7.38. The monoisotopic (exact) mass is 409 g/mol. The van der Waals surface area contributed by atoms with Crippen molar-refractivity contribution in [2.24, 2.45) is 5.92 Å². The van der Waals surface area contributed by atoms with E-state index in [0.717, 1.165) is 12.8 Å². The van der Waals surface area contributed by atoms with Gasteiger partial charge >= 0.3 is 7.12 Å². The van der Waals surface area contributed by atoms with Gasteiger partial charge in [-0.1, -0.05) is 0 Å². The molecule has 3 rings (SSSR count). The Kier molecular flexibility index (Phi) is 5.59. The minimum Gasteiger partial charge on any atom is -0.399 e. The Morgan fingerprint density at radius 2 is 1.79 bits per heavy atom. The van der Waals surface area contributed by atoms with Crippen molar-refractivity contribution in [3.8, 4) is 0 Å². The van der Waals surface area contributed by atoms with Gasteiger partial charge < -0.3 is 14.2 Å². The average molecular weight is 409 g/mol. The van der Waals surface area contributed by atoms with Crippen molar-refractivity contribution in [1.82, 2.24) is 14.9 Å². The Morgan fingerprint density at radius 3 is 2.32 bits per heavy atom. The van der Waals surface area contributed by atoms with Crippen LogP contribution in [-0.2, 0) is 23.9 Å². The maximum atomic E-state index is 12.7. The fourth-order valence-corrected chi connectivity index (χ4v) is 4.93. The third kappa shape index (κ3) is 4.23. The molecular weight excluding hydrogens is 381 g/mol. The number of piperidine rings is 1. The topological polar surface area (TPSA) is 98.7 Å². The molecule has 0 N–H and O–H groups in total. The maximum Gasteiger partial charge on any atom is 0.498 e. The summed E-state index contributed by atoms with van der Waals surface area (Å²) in [6.07, 6.45) is 4.48. The van der Waals surface area contributed by atoms with Crippen LogP contribution in [0.2, 0.25) is 0 Å². The highest BCUT2D eigenvalue weighted by atomic mass is 32.2. The maximum absolute atomic E-state index is 12.7. The summed E-state index contributed by atoms with van der Waals surface area (Å²) in [5.74, 6) is -0.189. The van der Waals surface area contributed by atoms with E-state index in [-0.39, 0.29) is 22.7 Å². The Bertz CT molecular complexity index is 825. The first kappa shape index (κ1) is 21.2. The Labute approximate surface area is 167 Å². The summed E-state index contributed by atoms with van der Waals surface area (Å²) in [5.41, 5.74) is -0.407. The van der Waals surface area contributed by atoms with E-state index in [1.165, 1.54) is 19.3 Å². The van der Waals surface area contributed by atoms with Crippen LogP contribution in [0, 0.1) is 5.92 Å². The predicted octanol–water partition coefficient (Wildman–Crippen LogP) is 0.808. The van der Waals surface area contributed by atoms with Gasteiger partial charge in [-0.05, 0) is 46.5 Å². The molecule has 0 aliphatic carbocycles. The van der Waals surface area contributed by atoms with Gasteiger partial charge in [0, 0.05) is 37.9 Å². The molecule has 28 heavy (non-hydrogen) atoms. The number of likely N-dealkylation sites (tertiary alicyclic amines) is 1. The van der Waals surface area contributed by atoms with E-state index in [1.807, 2.05) is 27.7 Å². The SMILES string of the molecule is CC(=O)N1CCCC(CS(=O)(=O)c2ncc(B3OC(C)(C)C(C)(C)O3)cn2)C1. The molecule has 0 saturated carbocycles. The number of hydrogen-bond acceptors (Lipinski definition) is 7. The molecule has 2 aliphatic heterocycles. The first-order chi connectivity index (χ1) is 12.9. The van der Waals surface area contributed by atoms with Gasteiger partial charge in [0.2, 0.25) is 20.9 Å². The van der Waals surface area contributed by atoms with E-state index in [1.54, 1.807) is 4.90 Å². The van der Waals surface area contributed by atoms with Crippen LogP contribution in [0.25, 0.3) is 0 Å². The van der Waals surface area contributed by atoms with Crippen molar-refractivity contribution in [3.63, 3.8) is 0 Å². The minimum absolute atomic E-state index is 0.0230. The van der Waals surface area contributed by atoms with E-state index in [2.05, 4.69) is 9.97 Å². The molecule has 2 saturated heterocycles. The van der Waals surface area contributed by atoms with E-state index < -0.39 is 28.2 Å². The molecule has 10 heteroatoms. The molecule has 1 unspecified atom stereocenters. The molecule has 0 spiro atoms. The summed E-state index contributed by atoms with van der Waals surface area (Å²) in [7, 11) is -4.27. The summed E-state index contributed by atoms with van der Waals surface area (Å²) in [6.45, 7) is 10.4. The minimum atomic E-state index is -3.64. The van der Waals surface area contributed by atoms with Crippen LogP contribution in [0.4, 0.5) is 0 Å². The van der Waals surface area contributed by atoms with Crippen LogP contribution in [0.15, 0.2) is 17.6 Å². The molecule has 2 aliphatic rings. The second-order valence-corrected chi connectivity index (χ2v) is 10.6. The standard InChI is InChI=1S/C18H28BN3O5S/c1-13(23)22-8-6-7-14(11-22)12-28(24,25)16-20-9-15(10-21-16)19-26-17(2,3)18(4,5)27-19/h9-10,14H,6-8,11-12H2,1-5H3. The number of carbonyl (C=O) groups excluding carboxylic acids is 1. The zero-order chi connectivity index (χ0) is 20.7. The number of aromatic nitrogens is 2. The van der Waals surface area contributed by atoms with Crippen LogP contribution in [0.5, 0.6) is 0 Å². The lowest BCUT2D eigenvalue weighted by atomic mass is 9.81. The van der Waals surface area contributed by atoms with Gasteiger partial charge in [-0.2, -0.15) is 0 Å². The molecule has 1 aromatic heterocycles. The lowest BCUT2D eigenvalue weighted by Crippen LogP contribution is -2.41. The number of hydrogen-bond donors (Lipinski definition) is 0. The molecule has 1 aromatic rings. The molecule has 2 fully saturated rings. The van der Waals surface area contributed by atoms with Crippen molar-refractivity contribution in [2.75, 3.05) is 18.8 Å². The average Bonchev–Trinajstić information content (AvgIpc) is 2.82. The molecule has 1 atom stereocenters. The third-order valence-corrected chi connectivity index (χ3v) is 7.55. The van der Waals surface area contributed by atoms with E-state index in [0.29, 0.717) is 18.6 Å². The highest BCUT2D eigenvalue weighted by molar-refractivity contribution is 7.91. The van der Waals surface area contributed by atoms with E-state index in [9.17, 15) is 13.2 Å². The second-order valence-electron chi connectivity index (χ2n) is 8.64. The van der Waals surface area contributed by atoms with Crippen LogP contribution in [-0.4, -0.2) is 66.4 Å². The van der Waals surface area contributed by atoms with Crippen LogP contribution in [0.1, 0.15) is 47.5 Å². The molecule has 3 heterocycles. The van der Waals surface area contributed by atoms with Crippen molar-refractivity contribution in [3.05, 3.63) is 12.4 Å². The lowest BCUT2D eigenvalue weighted by molar-refractivity contribution is -0.130. The number of amides is 1. The Balaban J connectivity index is 1.70. The van der Waals surface area contributed by atoms with Gasteiger partial charge in [0.1, 0.15) is 0 Å². The zero-order valence-corrected chi connectivity index (χ0v) is 18.0. The van der Waals surface area contributed by atoms with Gasteiger partial charge in [-0.25, -0.2) is 18.4 Å². The van der Waals surface area contributed by atoms with E-state index in [4.69, 9.17) is 9.31 Å². The summed E-state index contributed by atoms with van der Waals surface area (Å²) in [5, 5.41) is -0.201. The fourth-order valence-electron chi connectivity index (χ4n) is 3.46. The van der Waals surface area contributed by atoms with Crippen molar-refractivity contribution >= 4 is 28.3 Å². The van der Waals surface area contributed by atoms with Gasteiger partial charge in [0.05, 0.1) is 17.0 Å². The normalized spacial score (nSPS) is 24.4. The van der Waals surface area contributed by atoms with Crippen molar-refractivity contribution in [1.29, 1.82) is 0 Å². The van der Waals surface area contributed by atoms with Crippen molar-refractivity contribution < 1.29 is 22.5 Å². The summed E-state index contributed by atoms with van der Waals surface area (Å²) in [4.78, 5) is 21.4. The molecule has 1 amide bonds. The zero-order valence-electron chi connectivity index (χ0n) is 17.1. The molecule has 0 aromatic carbocycles. The number of rotatable bonds is 4. The van der Waals surface area contributed by atoms with Crippen LogP contribution < -0.4 is 5.46 Å². The van der Waals surface area contributed by atoms with Gasteiger partial charge in [0.25, 0.3) is 0 Å². The summed E-state index contributed by atoms with van der Waals surface area (Å²) < 4.78 is 37.3. The van der Waals surface area contributed by atoms with Gasteiger partial charge in [0.15, 0.2) is 0 Å². The third-order valence-electron chi connectivity index (χ3n) is 5.87. The largest absolute Gasteiger partial charge is 0.498 e. The molecular formula is C18H28BN3O5S. The molecule has 0 bridgehead atoms. The van der Waals surface area contributed by atoms with Crippen LogP contribution >= 0.6 is 0 Å². The Hall–Kier alpha value is -1.52. The first-order valence-corrected chi connectivity index (χ1v) is 11.2. The molecule has 154 valence electrons. The van der Waals surface area contributed by atoms with Crippen molar-refractivity contribution in [2.45, 2.75) is 63.8 Å². The van der Waals surface area contributed by atoms with Crippen LogP contribution in [0.3, 0.4) is 0 Å². The molecule has 0 radical (unpaired) electrons. The predicted molar refractivity (Wildman–Crippen MR) is 105 cm³/mol. The fraction of sp³-hybridized carbons (Fsp3) is 0.722. The number of sulfone groups is 1. The Morgan fingerprint density at radius 1 is 1.21 bits per heavy atom. The van der Waals surface area contributed by atoms with Gasteiger partial charge in [-0.3, -0.25) is 4.79 Å². The van der Waals surface area contributed by atoms with Gasteiger partial charge in [-0.15, -0.1) is 0 Å². The van der Waals surface area contributed by atoms with E-state index >= 15 is 0 Å². The lowest BCUT2D eigenvalue weighted by Gasteiger charge is -2.32. The first-order valence-electron chi connectivity index (χ1n) is 9.57. The molecule has 8 nitrogen and oxygen atoms in total. The quantitative estimate of drug-likeness (QED) is 0.536. The number of carbonyl (C=O) groups is 1.